The zero-order valence-corrected chi connectivity index (χ0v) is 7.09. The van der Waals surface area contributed by atoms with Crippen molar-refractivity contribution in [3.05, 3.63) is 49.1 Å². The van der Waals surface area contributed by atoms with Crippen molar-refractivity contribution < 1.29 is 0 Å². The van der Waals surface area contributed by atoms with E-state index in [-0.39, 0.29) is 0 Å². The van der Waals surface area contributed by atoms with Gasteiger partial charge in [0.1, 0.15) is 0 Å². The predicted molar refractivity (Wildman–Crippen MR) is 51.2 cm³/mol. The standard InChI is InChI=1S/C11H15/c1-4-6-7-8-9-10-11(3)5-2/h3-4,6-7,9-10H,1,5,8H2,2H3/b7-6+,10-9+,11-3?. The van der Waals surface area contributed by atoms with E-state index in [2.05, 4.69) is 6.58 Å². The van der Waals surface area contributed by atoms with Crippen LogP contribution in [0.5, 0.6) is 0 Å². The van der Waals surface area contributed by atoms with E-state index < -0.39 is 0 Å². The van der Waals surface area contributed by atoms with Crippen LogP contribution in [0.15, 0.2) is 42.5 Å². The molecular formula is C11H15. The molecule has 0 saturated heterocycles. The van der Waals surface area contributed by atoms with Crippen LogP contribution < -0.4 is 0 Å². The van der Waals surface area contributed by atoms with E-state index in [1.54, 1.807) is 6.08 Å². The Kier molecular flexibility index (Phi) is 6.40. The summed E-state index contributed by atoms with van der Waals surface area (Å²) >= 11 is 0. The van der Waals surface area contributed by atoms with Gasteiger partial charge >= 0.3 is 0 Å². The molecule has 0 spiro atoms. The Morgan fingerprint density at radius 1 is 1.45 bits per heavy atom. The molecule has 0 aromatic rings. The third-order valence-electron chi connectivity index (χ3n) is 1.28. The minimum atomic E-state index is 0.918. The highest BCUT2D eigenvalue weighted by Gasteiger charge is 1.78. The van der Waals surface area contributed by atoms with Gasteiger partial charge in [0.2, 0.25) is 0 Å². The van der Waals surface area contributed by atoms with Gasteiger partial charge in [-0.2, -0.15) is 0 Å². The van der Waals surface area contributed by atoms with Crippen LogP contribution >= 0.6 is 0 Å². The molecule has 0 aliphatic carbocycles. The lowest BCUT2D eigenvalue weighted by Crippen LogP contribution is -1.68. The molecule has 59 valence electrons. The molecule has 1 radical (unpaired) electrons. The molecule has 0 amide bonds. The van der Waals surface area contributed by atoms with Gasteiger partial charge in [0, 0.05) is 0 Å². The molecular weight excluding hydrogens is 132 g/mol. The van der Waals surface area contributed by atoms with Crippen molar-refractivity contribution in [3.63, 3.8) is 0 Å². The number of hydrogen-bond donors (Lipinski definition) is 0. The first kappa shape index (κ1) is 9.96. The molecule has 0 unspecified atom stereocenters. The van der Waals surface area contributed by atoms with Crippen molar-refractivity contribution in [2.75, 3.05) is 0 Å². The Balaban J connectivity index is 3.52. The largest absolute Gasteiger partial charge is 0.0991 e. The molecule has 0 N–H and O–H groups in total. The van der Waals surface area contributed by atoms with Crippen molar-refractivity contribution in [3.8, 4) is 0 Å². The van der Waals surface area contributed by atoms with Crippen molar-refractivity contribution in [2.45, 2.75) is 19.8 Å². The highest BCUT2D eigenvalue weighted by molar-refractivity contribution is 5.13. The Labute approximate surface area is 69.6 Å². The monoisotopic (exact) mass is 147 g/mol. The second kappa shape index (κ2) is 7.07. The molecule has 0 saturated carbocycles. The maximum absolute atomic E-state index is 5.57. The van der Waals surface area contributed by atoms with Crippen LogP contribution in [0.25, 0.3) is 0 Å². The molecule has 0 bridgehead atoms. The van der Waals surface area contributed by atoms with Crippen molar-refractivity contribution in [2.24, 2.45) is 0 Å². The summed E-state index contributed by atoms with van der Waals surface area (Å²) in [6.45, 7) is 11.2. The molecule has 11 heavy (non-hydrogen) atoms. The van der Waals surface area contributed by atoms with Crippen LogP contribution in [0.2, 0.25) is 0 Å². The van der Waals surface area contributed by atoms with Crippen LogP contribution in [0, 0.1) is 6.58 Å². The maximum atomic E-state index is 5.57. The summed E-state index contributed by atoms with van der Waals surface area (Å²) in [5.74, 6) is 0. The first-order valence-electron chi connectivity index (χ1n) is 3.86. The van der Waals surface area contributed by atoms with E-state index in [9.17, 15) is 0 Å². The predicted octanol–water partition coefficient (Wildman–Crippen LogP) is 3.44. The molecule has 0 nitrogen and oxygen atoms in total. The van der Waals surface area contributed by atoms with Gasteiger partial charge in [-0.25, -0.2) is 0 Å². The summed E-state index contributed by atoms with van der Waals surface area (Å²) in [6.07, 6.45) is 11.6. The molecule has 0 heterocycles. The zero-order valence-electron chi connectivity index (χ0n) is 7.09. The van der Waals surface area contributed by atoms with E-state index in [1.807, 2.05) is 31.2 Å². The SMILES string of the molecule is [CH]=C(/C=C/C/C=C/C=C)CC. The topological polar surface area (TPSA) is 0 Å². The smallest absolute Gasteiger partial charge is 0.0163 e. The van der Waals surface area contributed by atoms with Crippen LogP contribution in [0.3, 0.4) is 0 Å². The van der Waals surface area contributed by atoms with E-state index in [0.29, 0.717) is 0 Å². The average molecular weight is 147 g/mol. The van der Waals surface area contributed by atoms with Crippen LogP contribution in [0.4, 0.5) is 0 Å². The van der Waals surface area contributed by atoms with Crippen molar-refractivity contribution in [1.29, 1.82) is 0 Å². The van der Waals surface area contributed by atoms with E-state index in [0.717, 1.165) is 18.4 Å². The Morgan fingerprint density at radius 2 is 2.18 bits per heavy atom. The molecule has 0 atom stereocenters. The summed E-state index contributed by atoms with van der Waals surface area (Å²) in [4.78, 5) is 0. The normalized spacial score (nSPS) is 11.0. The minimum Gasteiger partial charge on any atom is -0.0991 e. The lowest BCUT2D eigenvalue weighted by molar-refractivity contribution is 1.15. The highest BCUT2D eigenvalue weighted by Crippen LogP contribution is 1.98. The minimum absolute atomic E-state index is 0.918. The van der Waals surface area contributed by atoms with E-state index in [1.165, 1.54) is 0 Å². The second-order valence-corrected chi connectivity index (χ2v) is 2.23. The fourth-order valence-corrected chi connectivity index (χ4v) is 0.591. The lowest BCUT2D eigenvalue weighted by Gasteiger charge is -1.88. The third-order valence-corrected chi connectivity index (χ3v) is 1.28. The van der Waals surface area contributed by atoms with Gasteiger partial charge in [0.15, 0.2) is 0 Å². The van der Waals surface area contributed by atoms with Gasteiger partial charge in [-0.1, -0.05) is 50.5 Å². The van der Waals surface area contributed by atoms with Gasteiger partial charge in [-0.05, 0) is 18.4 Å². The molecule has 0 rings (SSSR count). The van der Waals surface area contributed by atoms with Crippen LogP contribution in [0.1, 0.15) is 19.8 Å². The van der Waals surface area contributed by atoms with E-state index in [4.69, 9.17) is 6.58 Å². The Hall–Kier alpha value is -1.04. The molecule has 0 aliphatic rings. The number of allylic oxidation sites excluding steroid dienone is 6. The third kappa shape index (κ3) is 6.85. The number of rotatable bonds is 5. The summed E-state index contributed by atoms with van der Waals surface area (Å²) in [7, 11) is 0. The van der Waals surface area contributed by atoms with Gasteiger partial charge in [0.05, 0.1) is 0 Å². The zero-order chi connectivity index (χ0) is 8.53. The van der Waals surface area contributed by atoms with Crippen molar-refractivity contribution in [1.82, 2.24) is 0 Å². The average Bonchev–Trinajstić information content (AvgIpc) is 2.04. The number of hydrogen-bond acceptors (Lipinski definition) is 0. The fraction of sp³-hybridized carbons (Fsp3) is 0.273. The fourth-order valence-electron chi connectivity index (χ4n) is 0.591. The second-order valence-electron chi connectivity index (χ2n) is 2.23. The van der Waals surface area contributed by atoms with Gasteiger partial charge in [0.25, 0.3) is 0 Å². The molecule has 0 aliphatic heterocycles. The Morgan fingerprint density at radius 3 is 2.73 bits per heavy atom. The first-order valence-corrected chi connectivity index (χ1v) is 3.86. The van der Waals surface area contributed by atoms with Gasteiger partial charge < -0.3 is 0 Å². The lowest BCUT2D eigenvalue weighted by atomic mass is 10.2. The molecule has 0 heteroatoms. The van der Waals surface area contributed by atoms with Crippen molar-refractivity contribution >= 4 is 0 Å². The first-order chi connectivity index (χ1) is 5.31. The summed E-state index contributed by atoms with van der Waals surface area (Å²) in [5.41, 5.74) is 0.928. The summed E-state index contributed by atoms with van der Waals surface area (Å²) in [6, 6.07) is 0. The molecule has 0 aromatic heterocycles. The van der Waals surface area contributed by atoms with Crippen LogP contribution in [-0.4, -0.2) is 0 Å². The quantitative estimate of drug-likeness (QED) is 0.522. The van der Waals surface area contributed by atoms with Gasteiger partial charge in [-0.15, -0.1) is 0 Å². The summed E-state index contributed by atoms with van der Waals surface area (Å²) < 4.78 is 0. The highest BCUT2D eigenvalue weighted by atomic mass is 13.8. The summed E-state index contributed by atoms with van der Waals surface area (Å²) in [5, 5.41) is 0. The molecule has 0 fully saturated rings. The molecule has 0 aromatic carbocycles. The van der Waals surface area contributed by atoms with Gasteiger partial charge in [-0.3, -0.25) is 0 Å². The van der Waals surface area contributed by atoms with Crippen LogP contribution in [-0.2, 0) is 0 Å². The van der Waals surface area contributed by atoms with E-state index >= 15 is 0 Å². The maximum Gasteiger partial charge on any atom is -0.0163 e. The Bertz CT molecular complexity index is 170.